The lowest BCUT2D eigenvalue weighted by Gasteiger charge is -2.37. The molecule has 1 aromatic carbocycles. The molecule has 1 fully saturated rings. The van der Waals surface area contributed by atoms with Gasteiger partial charge in [0.2, 0.25) is 0 Å². The van der Waals surface area contributed by atoms with E-state index in [1.165, 1.54) is 24.5 Å². The number of hydrogen-bond acceptors (Lipinski definition) is 6. The van der Waals surface area contributed by atoms with Gasteiger partial charge in [0.1, 0.15) is 23.7 Å². The average Bonchev–Trinajstić information content (AvgIpc) is 3.45. The van der Waals surface area contributed by atoms with Crippen LogP contribution in [-0.2, 0) is 5.41 Å². The highest BCUT2D eigenvalue weighted by molar-refractivity contribution is 5.64. The molecular formula is C23H19F2N7. The topological polar surface area (TPSA) is 93.1 Å². The molecule has 3 heterocycles. The van der Waals surface area contributed by atoms with E-state index in [0.717, 1.165) is 29.8 Å². The Morgan fingerprint density at radius 2 is 1.84 bits per heavy atom. The third-order valence-electron chi connectivity index (χ3n) is 7.33. The van der Waals surface area contributed by atoms with Crippen LogP contribution in [0.3, 0.4) is 0 Å². The van der Waals surface area contributed by atoms with Gasteiger partial charge in [0, 0.05) is 6.20 Å². The molecule has 2 aliphatic carbocycles. The first-order chi connectivity index (χ1) is 15.4. The highest BCUT2D eigenvalue weighted by Gasteiger charge is 2.65. The van der Waals surface area contributed by atoms with E-state index in [-0.39, 0.29) is 22.6 Å². The van der Waals surface area contributed by atoms with Gasteiger partial charge in [-0.2, -0.15) is 5.10 Å². The van der Waals surface area contributed by atoms with Crippen molar-refractivity contribution >= 4 is 0 Å². The van der Waals surface area contributed by atoms with Crippen molar-refractivity contribution in [1.82, 2.24) is 35.3 Å². The van der Waals surface area contributed by atoms with E-state index in [1.54, 1.807) is 18.5 Å². The monoisotopic (exact) mass is 431 g/mol. The van der Waals surface area contributed by atoms with Crippen LogP contribution in [0.15, 0.2) is 43.0 Å². The Hall–Kier alpha value is -3.62. The second-order valence-electron chi connectivity index (χ2n) is 8.98. The summed E-state index contributed by atoms with van der Waals surface area (Å²) in [5.41, 5.74) is 2.49. The Morgan fingerprint density at radius 1 is 1.03 bits per heavy atom. The lowest BCUT2D eigenvalue weighted by Crippen LogP contribution is -2.38. The number of rotatable bonds is 3. The minimum Gasteiger partial charge on any atom is -0.326 e. The van der Waals surface area contributed by atoms with Gasteiger partial charge in [0.05, 0.1) is 34.3 Å². The standard InChI is InChI=1S/C23H19F2N7/c1-22(2)13-6-7-23(22,18-10-26-9-17(29-18)21-27-11-28-32-21)20-12(13)8-16(30-31-20)19-14(24)4-3-5-15(19)25/h3-5,8-11,13H,6-7H2,1-2H3,(H,27,28,32)/t13-,23+/m0/s1. The number of halogens is 2. The first-order valence-electron chi connectivity index (χ1n) is 10.4. The number of benzene rings is 1. The summed E-state index contributed by atoms with van der Waals surface area (Å²) in [5.74, 6) is -0.598. The molecule has 4 aromatic rings. The summed E-state index contributed by atoms with van der Waals surface area (Å²) < 4.78 is 28.8. The summed E-state index contributed by atoms with van der Waals surface area (Å²) in [4.78, 5) is 12.3. The van der Waals surface area contributed by atoms with Gasteiger partial charge >= 0.3 is 0 Å². The largest absolute Gasteiger partial charge is 0.326 e. The van der Waals surface area contributed by atoms with Gasteiger partial charge in [0.15, 0.2) is 5.82 Å². The quantitative estimate of drug-likeness (QED) is 0.523. The van der Waals surface area contributed by atoms with Crippen molar-refractivity contribution in [1.29, 1.82) is 0 Å². The van der Waals surface area contributed by atoms with Crippen LogP contribution in [-0.4, -0.2) is 35.3 Å². The van der Waals surface area contributed by atoms with Crippen molar-refractivity contribution in [2.24, 2.45) is 5.41 Å². The fourth-order valence-electron chi connectivity index (χ4n) is 5.77. The van der Waals surface area contributed by atoms with Crippen LogP contribution in [0.5, 0.6) is 0 Å². The maximum atomic E-state index is 14.4. The van der Waals surface area contributed by atoms with Gasteiger partial charge in [-0.25, -0.2) is 13.8 Å². The molecule has 9 heteroatoms. The van der Waals surface area contributed by atoms with Crippen LogP contribution >= 0.6 is 0 Å². The Morgan fingerprint density at radius 3 is 2.59 bits per heavy atom. The molecular weight excluding hydrogens is 412 g/mol. The van der Waals surface area contributed by atoms with Crippen molar-refractivity contribution in [3.8, 4) is 22.8 Å². The van der Waals surface area contributed by atoms with E-state index in [2.05, 4.69) is 44.2 Å². The van der Waals surface area contributed by atoms with Crippen LogP contribution in [0, 0.1) is 17.0 Å². The molecule has 160 valence electrons. The molecule has 7 nitrogen and oxygen atoms in total. The number of nitrogens with zero attached hydrogens (tertiary/aromatic N) is 6. The van der Waals surface area contributed by atoms with Gasteiger partial charge in [-0.3, -0.25) is 4.98 Å². The highest BCUT2D eigenvalue weighted by Crippen LogP contribution is 2.69. The second kappa shape index (κ2) is 6.44. The molecule has 1 saturated carbocycles. The van der Waals surface area contributed by atoms with Crippen molar-refractivity contribution < 1.29 is 8.78 Å². The minimum absolute atomic E-state index is 0.149. The molecule has 0 amide bonds. The first-order valence-corrected chi connectivity index (χ1v) is 10.4. The molecule has 0 spiro atoms. The molecule has 3 aromatic heterocycles. The number of hydrogen-bond donors (Lipinski definition) is 1. The predicted molar refractivity (Wildman–Crippen MR) is 111 cm³/mol. The SMILES string of the molecule is CC1(C)[C@H]2CC[C@@]1(c1cncc(-c3nnc[nH]3)n1)c1nnc(-c3c(F)cccc3F)cc12. The lowest BCUT2D eigenvalue weighted by atomic mass is 9.66. The number of aromatic nitrogens is 7. The van der Waals surface area contributed by atoms with Gasteiger partial charge < -0.3 is 4.98 Å². The number of H-pyrrole nitrogens is 1. The molecule has 2 aliphatic rings. The van der Waals surface area contributed by atoms with E-state index in [0.29, 0.717) is 11.5 Å². The molecule has 0 aliphatic heterocycles. The van der Waals surface area contributed by atoms with Crippen LogP contribution in [0.25, 0.3) is 22.8 Å². The molecule has 2 bridgehead atoms. The second-order valence-corrected chi connectivity index (χ2v) is 8.98. The molecule has 0 unspecified atom stereocenters. The van der Waals surface area contributed by atoms with Gasteiger partial charge in [0.25, 0.3) is 0 Å². The highest BCUT2D eigenvalue weighted by atomic mass is 19.1. The van der Waals surface area contributed by atoms with Crippen molar-refractivity contribution in [2.75, 3.05) is 0 Å². The Kier molecular flexibility index (Phi) is 3.84. The third-order valence-corrected chi connectivity index (χ3v) is 7.33. The summed E-state index contributed by atoms with van der Waals surface area (Å²) in [7, 11) is 0. The van der Waals surface area contributed by atoms with E-state index in [9.17, 15) is 8.78 Å². The number of nitrogens with one attached hydrogen (secondary N) is 1. The van der Waals surface area contributed by atoms with E-state index < -0.39 is 17.0 Å². The molecule has 0 radical (unpaired) electrons. The van der Waals surface area contributed by atoms with Crippen LogP contribution in [0.4, 0.5) is 8.78 Å². The lowest BCUT2D eigenvalue weighted by molar-refractivity contribution is 0.242. The van der Waals surface area contributed by atoms with Crippen LogP contribution in [0.1, 0.15) is 49.6 Å². The van der Waals surface area contributed by atoms with Crippen molar-refractivity contribution in [3.63, 3.8) is 0 Å². The number of aromatic amines is 1. The molecule has 6 rings (SSSR count). The summed E-state index contributed by atoms with van der Waals surface area (Å²) in [5, 5.41) is 16.7. The molecule has 2 atom stereocenters. The minimum atomic E-state index is -0.651. The van der Waals surface area contributed by atoms with E-state index in [1.807, 2.05) is 0 Å². The summed E-state index contributed by atoms with van der Waals surface area (Å²) in [6, 6.07) is 5.60. The average molecular weight is 431 g/mol. The zero-order valence-electron chi connectivity index (χ0n) is 17.5. The van der Waals surface area contributed by atoms with Gasteiger partial charge in [-0.05, 0) is 47.9 Å². The predicted octanol–water partition coefficient (Wildman–Crippen LogP) is 4.20. The Bertz CT molecular complexity index is 1330. The van der Waals surface area contributed by atoms with Crippen molar-refractivity contribution in [3.05, 3.63) is 71.6 Å². The Labute approximate surface area is 182 Å². The summed E-state index contributed by atoms with van der Waals surface area (Å²) in [6.07, 6.45) is 6.67. The van der Waals surface area contributed by atoms with Gasteiger partial charge in [-0.15, -0.1) is 15.3 Å². The third kappa shape index (κ3) is 2.33. The van der Waals surface area contributed by atoms with E-state index in [4.69, 9.17) is 4.98 Å². The Balaban J connectivity index is 1.54. The van der Waals surface area contributed by atoms with Gasteiger partial charge in [-0.1, -0.05) is 19.9 Å². The maximum absolute atomic E-state index is 14.4. The fourth-order valence-corrected chi connectivity index (χ4v) is 5.77. The normalized spacial score (nSPS) is 22.8. The zero-order valence-corrected chi connectivity index (χ0v) is 17.5. The number of fused-ring (bicyclic) bond motifs is 5. The zero-order chi connectivity index (χ0) is 22.1. The van der Waals surface area contributed by atoms with Crippen molar-refractivity contribution in [2.45, 2.75) is 38.0 Å². The first kappa shape index (κ1) is 19.1. The van der Waals surface area contributed by atoms with Crippen LogP contribution in [0.2, 0.25) is 0 Å². The van der Waals surface area contributed by atoms with Crippen LogP contribution < -0.4 is 0 Å². The summed E-state index contributed by atoms with van der Waals surface area (Å²) >= 11 is 0. The molecule has 1 N–H and O–H groups in total. The smallest absolute Gasteiger partial charge is 0.181 e. The van der Waals surface area contributed by atoms with E-state index >= 15 is 0 Å². The fraction of sp³-hybridized carbons (Fsp3) is 0.304. The maximum Gasteiger partial charge on any atom is 0.181 e. The molecule has 0 saturated heterocycles. The summed E-state index contributed by atoms with van der Waals surface area (Å²) in [6.45, 7) is 4.39. The molecule has 32 heavy (non-hydrogen) atoms.